The van der Waals surface area contributed by atoms with Gasteiger partial charge in [-0.05, 0) is 18.4 Å². The molecule has 1 aromatic carbocycles. The Morgan fingerprint density at radius 2 is 1.67 bits per heavy atom. The summed E-state index contributed by atoms with van der Waals surface area (Å²) >= 11 is 0. The summed E-state index contributed by atoms with van der Waals surface area (Å²) in [6.45, 7) is 0. The van der Waals surface area contributed by atoms with Gasteiger partial charge in [0.15, 0.2) is 0 Å². The summed E-state index contributed by atoms with van der Waals surface area (Å²) in [4.78, 5) is 0. The number of ether oxygens (including phenoxy) is 1. The summed E-state index contributed by atoms with van der Waals surface area (Å²) in [6.07, 6.45) is 7.21. The van der Waals surface area contributed by atoms with Crippen LogP contribution in [0.4, 0.5) is 0 Å². The summed E-state index contributed by atoms with van der Waals surface area (Å²) in [5.41, 5.74) is 1.28. The second kappa shape index (κ2) is 3.21. The highest BCUT2D eigenvalue weighted by molar-refractivity contribution is 5.34. The molecule has 78 valence electrons. The molecule has 1 fully saturated rings. The first-order chi connectivity index (χ1) is 7.38. The van der Waals surface area contributed by atoms with Crippen LogP contribution < -0.4 is 0 Å². The highest BCUT2D eigenvalue weighted by atomic mass is 16.5. The molecule has 0 spiro atoms. The van der Waals surface area contributed by atoms with E-state index in [2.05, 4.69) is 42.5 Å². The Kier molecular flexibility index (Phi) is 1.96. The van der Waals surface area contributed by atoms with Crippen molar-refractivity contribution in [3.8, 4) is 0 Å². The lowest BCUT2D eigenvalue weighted by atomic mass is 9.83. The Balaban J connectivity index is 2.09. The van der Waals surface area contributed by atoms with Gasteiger partial charge in [0.2, 0.25) is 0 Å². The van der Waals surface area contributed by atoms with Crippen LogP contribution >= 0.6 is 0 Å². The first-order valence-electron chi connectivity index (χ1n) is 5.67. The molecule has 3 rings (SSSR count). The van der Waals surface area contributed by atoms with E-state index >= 15 is 0 Å². The van der Waals surface area contributed by atoms with Crippen molar-refractivity contribution < 1.29 is 4.74 Å². The van der Waals surface area contributed by atoms with Crippen molar-refractivity contribution in [1.29, 1.82) is 0 Å². The number of benzene rings is 1. The van der Waals surface area contributed by atoms with Gasteiger partial charge in [-0.1, -0.05) is 42.5 Å². The predicted octanol–water partition coefficient (Wildman–Crippen LogP) is 3.12. The summed E-state index contributed by atoms with van der Waals surface area (Å²) < 4.78 is 5.91. The highest BCUT2D eigenvalue weighted by Crippen LogP contribution is 2.55. The minimum atomic E-state index is -0.0543. The van der Waals surface area contributed by atoms with Crippen molar-refractivity contribution in [2.45, 2.75) is 18.4 Å². The molecule has 2 atom stereocenters. The van der Waals surface area contributed by atoms with E-state index in [0.717, 1.165) is 0 Å². The van der Waals surface area contributed by atoms with E-state index in [4.69, 9.17) is 4.74 Å². The average Bonchev–Trinajstić information content (AvgIpc) is 2.85. The molecule has 1 nitrogen and oxygen atoms in total. The quantitative estimate of drug-likeness (QED) is 0.666. The molecule has 1 aromatic rings. The molecule has 2 bridgehead atoms. The van der Waals surface area contributed by atoms with E-state index in [-0.39, 0.29) is 5.60 Å². The molecule has 1 saturated carbocycles. The molecule has 1 heteroatoms. The Labute approximate surface area is 90.8 Å². The number of hydrogen-bond donors (Lipinski definition) is 0. The van der Waals surface area contributed by atoms with Crippen LogP contribution in [-0.2, 0) is 10.3 Å². The SMILES string of the molecule is COC1(c2ccccc2)C2C=CC1CC2. The molecule has 2 aliphatic rings. The van der Waals surface area contributed by atoms with Gasteiger partial charge in [-0.2, -0.15) is 0 Å². The third-order valence-corrected chi connectivity index (χ3v) is 4.03. The van der Waals surface area contributed by atoms with Crippen LogP contribution in [0.15, 0.2) is 42.5 Å². The van der Waals surface area contributed by atoms with Crippen molar-refractivity contribution in [3.05, 3.63) is 48.0 Å². The van der Waals surface area contributed by atoms with E-state index in [1.165, 1.54) is 18.4 Å². The standard InChI is InChI=1S/C14H16O/c1-15-14(11-5-3-2-4-6-11)12-7-8-13(14)10-9-12/h2-8,12-13H,9-10H2,1H3. The number of methoxy groups -OCH3 is 1. The van der Waals surface area contributed by atoms with Crippen LogP contribution in [0.1, 0.15) is 18.4 Å². The summed E-state index contributed by atoms with van der Waals surface area (Å²) in [5, 5.41) is 0. The van der Waals surface area contributed by atoms with E-state index < -0.39 is 0 Å². The van der Waals surface area contributed by atoms with Gasteiger partial charge in [-0.3, -0.25) is 0 Å². The first kappa shape index (κ1) is 9.17. The minimum absolute atomic E-state index is 0.0543. The predicted molar refractivity (Wildman–Crippen MR) is 60.5 cm³/mol. The fourth-order valence-electron chi connectivity index (χ4n) is 3.36. The molecular formula is C14H16O. The molecule has 0 amide bonds. The van der Waals surface area contributed by atoms with Crippen LogP contribution in [0, 0.1) is 11.8 Å². The zero-order chi connectivity index (χ0) is 10.3. The van der Waals surface area contributed by atoms with Gasteiger partial charge in [-0.15, -0.1) is 0 Å². The minimum Gasteiger partial charge on any atom is -0.372 e. The van der Waals surface area contributed by atoms with Gasteiger partial charge < -0.3 is 4.74 Å². The van der Waals surface area contributed by atoms with Gasteiger partial charge >= 0.3 is 0 Å². The maximum absolute atomic E-state index is 5.91. The molecule has 0 aromatic heterocycles. The first-order valence-corrected chi connectivity index (χ1v) is 5.67. The summed E-state index contributed by atoms with van der Waals surface area (Å²) in [5.74, 6) is 1.16. The Morgan fingerprint density at radius 1 is 1.07 bits per heavy atom. The van der Waals surface area contributed by atoms with E-state index in [1.54, 1.807) is 0 Å². The van der Waals surface area contributed by atoms with Crippen molar-refractivity contribution in [2.75, 3.05) is 7.11 Å². The monoisotopic (exact) mass is 200 g/mol. The van der Waals surface area contributed by atoms with Crippen LogP contribution in [0.2, 0.25) is 0 Å². The van der Waals surface area contributed by atoms with Crippen molar-refractivity contribution in [3.63, 3.8) is 0 Å². The maximum Gasteiger partial charge on any atom is 0.105 e. The number of fused-ring (bicyclic) bond motifs is 2. The molecule has 2 unspecified atom stereocenters. The van der Waals surface area contributed by atoms with Crippen molar-refractivity contribution in [1.82, 2.24) is 0 Å². The van der Waals surface area contributed by atoms with E-state index in [9.17, 15) is 0 Å². The zero-order valence-corrected chi connectivity index (χ0v) is 9.02. The van der Waals surface area contributed by atoms with Crippen molar-refractivity contribution >= 4 is 0 Å². The molecule has 0 aliphatic heterocycles. The smallest absolute Gasteiger partial charge is 0.105 e. The number of rotatable bonds is 2. The van der Waals surface area contributed by atoms with Crippen molar-refractivity contribution in [2.24, 2.45) is 11.8 Å². The fourth-order valence-corrected chi connectivity index (χ4v) is 3.36. The Hall–Kier alpha value is -1.08. The lowest BCUT2D eigenvalue weighted by Gasteiger charge is -2.33. The molecular weight excluding hydrogens is 184 g/mol. The molecule has 0 heterocycles. The summed E-state index contributed by atoms with van der Waals surface area (Å²) in [7, 11) is 1.85. The Morgan fingerprint density at radius 3 is 2.13 bits per heavy atom. The fraction of sp³-hybridized carbons (Fsp3) is 0.429. The van der Waals surface area contributed by atoms with Gasteiger partial charge in [0.1, 0.15) is 5.60 Å². The van der Waals surface area contributed by atoms with Crippen LogP contribution in [0.3, 0.4) is 0 Å². The summed E-state index contributed by atoms with van der Waals surface area (Å²) in [6, 6.07) is 10.7. The molecule has 2 aliphatic carbocycles. The molecule has 0 N–H and O–H groups in total. The lowest BCUT2D eigenvalue weighted by molar-refractivity contribution is -0.0473. The topological polar surface area (TPSA) is 9.23 Å². The highest BCUT2D eigenvalue weighted by Gasteiger charge is 2.52. The van der Waals surface area contributed by atoms with Gasteiger partial charge in [0.05, 0.1) is 0 Å². The van der Waals surface area contributed by atoms with E-state index in [0.29, 0.717) is 11.8 Å². The van der Waals surface area contributed by atoms with Gasteiger partial charge in [0.25, 0.3) is 0 Å². The third kappa shape index (κ3) is 1.07. The average molecular weight is 200 g/mol. The zero-order valence-electron chi connectivity index (χ0n) is 9.02. The van der Waals surface area contributed by atoms with Crippen LogP contribution in [0.5, 0.6) is 0 Å². The van der Waals surface area contributed by atoms with Crippen LogP contribution in [0.25, 0.3) is 0 Å². The largest absolute Gasteiger partial charge is 0.372 e. The second-order valence-corrected chi connectivity index (χ2v) is 4.54. The molecule has 0 radical (unpaired) electrons. The normalized spacial score (nSPS) is 37.4. The van der Waals surface area contributed by atoms with E-state index in [1.807, 2.05) is 7.11 Å². The maximum atomic E-state index is 5.91. The molecule has 15 heavy (non-hydrogen) atoms. The van der Waals surface area contributed by atoms with Gasteiger partial charge in [-0.25, -0.2) is 0 Å². The number of hydrogen-bond acceptors (Lipinski definition) is 1. The van der Waals surface area contributed by atoms with Gasteiger partial charge in [0, 0.05) is 18.9 Å². The Bertz CT molecular complexity index is 366. The molecule has 0 saturated heterocycles. The lowest BCUT2D eigenvalue weighted by Crippen LogP contribution is -2.34. The third-order valence-electron chi connectivity index (χ3n) is 4.03. The second-order valence-electron chi connectivity index (χ2n) is 4.54. The van der Waals surface area contributed by atoms with Crippen LogP contribution in [-0.4, -0.2) is 7.11 Å².